The van der Waals surface area contributed by atoms with Gasteiger partial charge in [0.2, 0.25) is 0 Å². The van der Waals surface area contributed by atoms with Crippen LogP contribution >= 0.6 is 0 Å². The molecular weight excluding hydrogens is 552 g/mol. The van der Waals surface area contributed by atoms with Crippen molar-refractivity contribution >= 4 is 43.6 Å². The molecule has 0 radical (unpaired) electrons. The Balaban J connectivity index is 1.29. The van der Waals surface area contributed by atoms with E-state index < -0.39 is 0 Å². The standard InChI is InChI=1S/C40H24N4O/c1-3-11-26(12-4-1)38-42-39(27-13-5-2-6-14-27)44-40(43-38)32-23-22-30(28-16-7-8-17-29(28)32)31-18-9-15-25-20-21-33-36-34(19-10-24-41-36)45-37(33)35(25)31/h1-24H. The first-order valence-corrected chi connectivity index (χ1v) is 14.9. The summed E-state index contributed by atoms with van der Waals surface area (Å²) in [6.45, 7) is 0. The van der Waals surface area contributed by atoms with Crippen LogP contribution in [0.2, 0.25) is 0 Å². The van der Waals surface area contributed by atoms with E-state index in [1.165, 1.54) is 0 Å². The van der Waals surface area contributed by atoms with Crippen LogP contribution in [-0.2, 0) is 0 Å². The summed E-state index contributed by atoms with van der Waals surface area (Å²) in [5.41, 5.74) is 7.56. The summed E-state index contributed by atoms with van der Waals surface area (Å²) in [5.74, 6) is 1.92. The zero-order chi connectivity index (χ0) is 29.7. The number of hydrogen-bond acceptors (Lipinski definition) is 5. The van der Waals surface area contributed by atoms with Gasteiger partial charge in [0, 0.05) is 33.7 Å². The third-order valence-electron chi connectivity index (χ3n) is 8.39. The van der Waals surface area contributed by atoms with Crippen LogP contribution in [0.15, 0.2) is 150 Å². The van der Waals surface area contributed by atoms with Crippen molar-refractivity contribution in [3.8, 4) is 45.3 Å². The lowest BCUT2D eigenvalue weighted by Gasteiger charge is -2.14. The molecule has 5 nitrogen and oxygen atoms in total. The van der Waals surface area contributed by atoms with E-state index in [2.05, 4.69) is 71.7 Å². The van der Waals surface area contributed by atoms with Gasteiger partial charge in [-0.15, -0.1) is 0 Å². The summed E-state index contributed by atoms with van der Waals surface area (Å²) in [7, 11) is 0. The number of rotatable bonds is 4. The number of nitrogens with zero attached hydrogens (tertiary/aromatic N) is 4. The first-order valence-electron chi connectivity index (χ1n) is 14.9. The maximum absolute atomic E-state index is 6.45. The van der Waals surface area contributed by atoms with E-state index in [0.717, 1.165) is 71.4 Å². The van der Waals surface area contributed by atoms with E-state index in [9.17, 15) is 0 Å². The molecule has 6 aromatic carbocycles. The largest absolute Gasteiger partial charge is 0.454 e. The van der Waals surface area contributed by atoms with Crippen LogP contribution in [0.4, 0.5) is 0 Å². The topological polar surface area (TPSA) is 64.7 Å². The number of benzene rings is 6. The van der Waals surface area contributed by atoms with E-state index in [0.29, 0.717) is 17.5 Å². The molecule has 5 heteroatoms. The molecule has 0 fully saturated rings. The van der Waals surface area contributed by atoms with Gasteiger partial charge in [-0.05, 0) is 51.6 Å². The van der Waals surface area contributed by atoms with Gasteiger partial charge in [0.25, 0.3) is 0 Å². The SMILES string of the molecule is c1ccc(-c2nc(-c3ccccc3)nc(-c3ccc(-c4cccc5ccc6c7ncccc7oc6c45)c4ccccc34)n2)cc1. The Morgan fingerprint density at radius 2 is 1.07 bits per heavy atom. The Kier molecular flexibility index (Phi) is 5.74. The van der Waals surface area contributed by atoms with Gasteiger partial charge in [-0.2, -0.15) is 0 Å². The number of fused-ring (bicyclic) bond motifs is 6. The molecule has 0 spiro atoms. The van der Waals surface area contributed by atoms with Crippen molar-refractivity contribution in [3.63, 3.8) is 0 Å². The smallest absolute Gasteiger partial charge is 0.164 e. The van der Waals surface area contributed by atoms with Crippen molar-refractivity contribution in [1.82, 2.24) is 19.9 Å². The third-order valence-corrected chi connectivity index (χ3v) is 8.39. The van der Waals surface area contributed by atoms with Crippen LogP contribution < -0.4 is 0 Å². The third kappa shape index (κ3) is 4.17. The van der Waals surface area contributed by atoms with Crippen LogP contribution in [-0.4, -0.2) is 19.9 Å². The van der Waals surface area contributed by atoms with Crippen LogP contribution in [0.3, 0.4) is 0 Å². The Morgan fingerprint density at radius 3 is 1.80 bits per heavy atom. The molecule has 0 aliphatic heterocycles. The molecule has 0 aliphatic rings. The van der Waals surface area contributed by atoms with Crippen molar-refractivity contribution in [2.75, 3.05) is 0 Å². The van der Waals surface area contributed by atoms with E-state index >= 15 is 0 Å². The highest BCUT2D eigenvalue weighted by molar-refractivity contribution is 6.20. The average Bonchev–Trinajstić information content (AvgIpc) is 3.50. The maximum Gasteiger partial charge on any atom is 0.164 e. The molecule has 0 amide bonds. The summed E-state index contributed by atoms with van der Waals surface area (Å²) >= 11 is 0. The molecule has 3 heterocycles. The molecule has 3 aromatic heterocycles. The van der Waals surface area contributed by atoms with Crippen molar-refractivity contribution in [2.45, 2.75) is 0 Å². The fourth-order valence-electron chi connectivity index (χ4n) is 6.31. The van der Waals surface area contributed by atoms with E-state index in [-0.39, 0.29) is 0 Å². The Labute approximate surface area is 258 Å². The zero-order valence-electron chi connectivity index (χ0n) is 24.1. The van der Waals surface area contributed by atoms with Crippen LogP contribution in [0.5, 0.6) is 0 Å². The minimum absolute atomic E-state index is 0.633. The summed E-state index contributed by atoms with van der Waals surface area (Å²) in [4.78, 5) is 19.6. The fraction of sp³-hybridized carbons (Fsp3) is 0. The number of aromatic nitrogens is 4. The Bertz CT molecular complexity index is 2480. The first kappa shape index (κ1) is 25.3. The average molecular weight is 577 g/mol. The second-order valence-corrected chi connectivity index (χ2v) is 11.0. The van der Waals surface area contributed by atoms with Crippen molar-refractivity contribution < 1.29 is 4.42 Å². The minimum Gasteiger partial charge on any atom is -0.454 e. The second-order valence-electron chi connectivity index (χ2n) is 11.0. The van der Waals surface area contributed by atoms with Crippen molar-refractivity contribution in [3.05, 3.63) is 146 Å². The van der Waals surface area contributed by atoms with Gasteiger partial charge in [-0.25, -0.2) is 15.0 Å². The second kappa shape index (κ2) is 10.2. The predicted molar refractivity (Wildman–Crippen MR) is 182 cm³/mol. The van der Waals surface area contributed by atoms with Crippen molar-refractivity contribution in [1.29, 1.82) is 0 Å². The monoisotopic (exact) mass is 576 g/mol. The maximum atomic E-state index is 6.45. The highest BCUT2D eigenvalue weighted by Gasteiger charge is 2.19. The predicted octanol–water partition coefficient (Wildman–Crippen LogP) is 10.1. The van der Waals surface area contributed by atoms with Gasteiger partial charge in [0.1, 0.15) is 11.1 Å². The lowest BCUT2D eigenvalue weighted by molar-refractivity contribution is 0.672. The molecule has 0 N–H and O–H groups in total. The molecule has 45 heavy (non-hydrogen) atoms. The highest BCUT2D eigenvalue weighted by Crippen LogP contribution is 2.42. The van der Waals surface area contributed by atoms with Crippen LogP contribution in [0, 0.1) is 0 Å². The number of furan rings is 1. The molecule has 0 unspecified atom stereocenters. The summed E-state index contributed by atoms with van der Waals surface area (Å²) in [5, 5.41) is 5.37. The first-order chi connectivity index (χ1) is 22.3. The molecule has 9 rings (SSSR count). The lowest BCUT2D eigenvalue weighted by Crippen LogP contribution is -2.00. The van der Waals surface area contributed by atoms with Crippen LogP contribution in [0.1, 0.15) is 0 Å². The molecule has 0 saturated heterocycles. The summed E-state index contributed by atoms with van der Waals surface area (Å²) in [6.07, 6.45) is 1.81. The van der Waals surface area contributed by atoms with Gasteiger partial charge in [-0.1, -0.05) is 115 Å². The quantitative estimate of drug-likeness (QED) is 0.209. The van der Waals surface area contributed by atoms with Crippen LogP contribution in [0.25, 0.3) is 88.9 Å². The Hall–Kier alpha value is -6.20. The van der Waals surface area contributed by atoms with Gasteiger partial charge >= 0.3 is 0 Å². The summed E-state index contributed by atoms with van der Waals surface area (Å²) < 4.78 is 6.45. The van der Waals surface area contributed by atoms with Crippen molar-refractivity contribution in [2.24, 2.45) is 0 Å². The highest BCUT2D eigenvalue weighted by atomic mass is 16.3. The normalized spacial score (nSPS) is 11.6. The molecular formula is C40H24N4O. The molecule has 0 saturated carbocycles. The van der Waals surface area contributed by atoms with Gasteiger partial charge < -0.3 is 4.42 Å². The van der Waals surface area contributed by atoms with E-state index in [1.54, 1.807) is 0 Å². The minimum atomic E-state index is 0.633. The molecule has 210 valence electrons. The number of pyridine rings is 1. The molecule has 0 bridgehead atoms. The van der Waals surface area contributed by atoms with E-state index in [4.69, 9.17) is 19.4 Å². The lowest BCUT2D eigenvalue weighted by atomic mass is 9.91. The molecule has 0 atom stereocenters. The van der Waals surface area contributed by atoms with Gasteiger partial charge in [0.15, 0.2) is 23.1 Å². The molecule has 0 aliphatic carbocycles. The fourth-order valence-corrected chi connectivity index (χ4v) is 6.31. The zero-order valence-corrected chi connectivity index (χ0v) is 24.1. The van der Waals surface area contributed by atoms with Gasteiger partial charge in [0.05, 0.1) is 0 Å². The summed E-state index contributed by atoms with van der Waals surface area (Å²) in [6, 6.07) is 47.5. The van der Waals surface area contributed by atoms with Gasteiger partial charge in [-0.3, -0.25) is 4.98 Å². The number of hydrogen-bond donors (Lipinski definition) is 0. The molecule has 9 aromatic rings. The Morgan fingerprint density at radius 1 is 0.422 bits per heavy atom. The van der Waals surface area contributed by atoms with E-state index in [1.807, 2.05) is 79.0 Å².